The fourth-order valence-electron chi connectivity index (χ4n) is 2.62. The first-order valence-electron chi connectivity index (χ1n) is 6.80. The fourth-order valence-corrected chi connectivity index (χ4v) is 4.10. The predicted octanol–water partition coefficient (Wildman–Crippen LogP) is 0.00710. The zero-order chi connectivity index (χ0) is 15.9. The highest BCUT2D eigenvalue weighted by Gasteiger charge is 2.31. The van der Waals surface area contributed by atoms with E-state index in [-0.39, 0.29) is 29.5 Å². The molecule has 1 aliphatic heterocycles. The van der Waals surface area contributed by atoms with Gasteiger partial charge in [0, 0.05) is 25.1 Å². The summed E-state index contributed by atoms with van der Waals surface area (Å²) in [5, 5.41) is 0. The van der Waals surface area contributed by atoms with E-state index in [0.29, 0.717) is 18.4 Å². The number of fused-ring (bicyclic) bond motifs is 1. The first-order valence-corrected chi connectivity index (χ1v) is 8.24. The van der Waals surface area contributed by atoms with Gasteiger partial charge in [0.25, 0.3) is 0 Å². The van der Waals surface area contributed by atoms with Crippen LogP contribution in [0.1, 0.15) is 12.8 Å². The molecule has 3 rings (SSSR count). The number of benzene rings is 1. The number of aromatic nitrogens is 1. The molecule has 0 aliphatic carbocycles. The number of nitrogens with zero attached hydrogens (tertiary/aromatic N) is 1. The minimum atomic E-state index is -3.69. The fraction of sp³-hybridized carbons (Fsp3) is 0.385. The van der Waals surface area contributed by atoms with Gasteiger partial charge < -0.3 is 10.2 Å². The van der Waals surface area contributed by atoms with Crippen LogP contribution in [0.3, 0.4) is 0 Å². The van der Waals surface area contributed by atoms with E-state index >= 15 is 0 Å². The van der Waals surface area contributed by atoms with Crippen LogP contribution >= 0.6 is 0 Å². The van der Waals surface area contributed by atoms with Crippen LogP contribution in [0.4, 0.5) is 0 Å². The van der Waals surface area contributed by atoms with Crippen LogP contribution in [0, 0.1) is 5.92 Å². The lowest BCUT2D eigenvalue weighted by molar-refractivity contribution is -0.122. The van der Waals surface area contributed by atoms with E-state index in [9.17, 15) is 18.0 Å². The minimum absolute atomic E-state index is 0.0558. The molecule has 1 aliphatic rings. The number of carbonyl (C=O) groups excluding carboxylic acids is 1. The second kappa shape index (κ2) is 5.25. The zero-order valence-electron chi connectivity index (χ0n) is 11.6. The van der Waals surface area contributed by atoms with Crippen LogP contribution in [-0.2, 0) is 14.8 Å². The number of oxazole rings is 1. The van der Waals surface area contributed by atoms with E-state index < -0.39 is 21.7 Å². The van der Waals surface area contributed by atoms with Crippen molar-refractivity contribution < 1.29 is 17.6 Å². The van der Waals surface area contributed by atoms with Crippen molar-refractivity contribution in [3.63, 3.8) is 0 Å². The summed E-state index contributed by atoms with van der Waals surface area (Å²) in [6.45, 7) is 0.482. The van der Waals surface area contributed by atoms with Gasteiger partial charge in [-0.15, -0.1) is 0 Å². The highest BCUT2D eigenvalue weighted by molar-refractivity contribution is 7.89. The Hall–Kier alpha value is -2.13. The van der Waals surface area contributed by atoms with Gasteiger partial charge in [0.05, 0.1) is 10.4 Å². The molecule has 1 saturated heterocycles. The van der Waals surface area contributed by atoms with Crippen LogP contribution < -0.4 is 11.5 Å². The molecule has 3 N–H and O–H groups in total. The molecule has 0 atom stereocenters. The molecule has 1 aromatic carbocycles. The first kappa shape index (κ1) is 14.8. The molecule has 2 heterocycles. The first-order chi connectivity index (χ1) is 10.4. The molecule has 2 aromatic rings. The quantitative estimate of drug-likeness (QED) is 0.821. The molecule has 0 radical (unpaired) electrons. The molecule has 0 spiro atoms. The number of piperidine rings is 1. The smallest absolute Gasteiger partial charge is 0.408 e. The Balaban J connectivity index is 1.88. The van der Waals surface area contributed by atoms with E-state index in [0.717, 1.165) is 0 Å². The molecule has 0 bridgehead atoms. The van der Waals surface area contributed by atoms with E-state index in [2.05, 4.69) is 4.98 Å². The summed E-state index contributed by atoms with van der Waals surface area (Å²) >= 11 is 0. The highest BCUT2D eigenvalue weighted by atomic mass is 32.2. The van der Waals surface area contributed by atoms with Gasteiger partial charge in [-0.2, -0.15) is 4.31 Å². The maximum absolute atomic E-state index is 12.6. The van der Waals surface area contributed by atoms with Crippen molar-refractivity contribution in [3.05, 3.63) is 28.7 Å². The second-order valence-corrected chi connectivity index (χ2v) is 7.19. The number of primary amides is 1. The highest BCUT2D eigenvalue weighted by Crippen LogP contribution is 2.25. The minimum Gasteiger partial charge on any atom is -0.408 e. The second-order valence-electron chi connectivity index (χ2n) is 5.25. The Morgan fingerprint density at radius 3 is 2.64 bits per heavy atom. The van der Waals surface area contributed by atoms with Crippen molar-refractivity contribution in [1.82, 2.24) is 9.29 Å². The average molecular weight is 325 g/mol. The Morgan fingerprint density at radius 1 is 1.32 bits per heavy atom. The van der Waals surface area contributed by atoms with E-state index in [4.69, 9.17) is 10.2 Å². The molecule has 1 amide bonds. The number of nitrogens with two attached hydrogens (primary N) is 1. The molecule has 9 heteroatoms. The topological polar surface area (TPSA) is 126 Å². The van der Waals surface area contributed by atoms with Crippen molar-refractivity contribution >= 4 is 27.0 Å². The molecule has 118 valence electrons. The van der Waals surface area contributed by atoms with E-state index in [1.54, 1.807) is 0 Å². The van der Waals surface area contributed by atoms with Crippen molar-refractivity contribution in [2.24, 2.45) is 11.7 Å². The summed E-state index contributed by atoms with van der Waals surface area (Å²) in [7, 11) is -3.69. The number of aromatic amines is 1. The van der Waals surface area contributed by atoms with Crippen LogP contribution in [0.2, 0.25) is 0 Å². The van der Waals surface area contributed by atoms with Gasteiger partial charge in [0.15, 0.2) is 5.58 Å². The Bertz CT molecular complexity index is 874. The SMILES string of the molecule is NC(=O)C1CCN(S(=O)(=O)c2ccc3[nH]c(=O)oc3c2)CC1. The molecule has 8 nitrogen and oxygen atoms in total. The van der Waals surface area contributed by atoms with Crippen LogP contribution in [0.25, 0.3) is 11.1 Å². The Labute approximate surface area is 125 Å². The summed E-state index contributed by atoms with van der Waals surface area (Å²) < 4.78 is 31.4. The number of carbonyl (C=O) groups is 1. The van der Waals surface area contributed by atoms with Crippen molar-refractivity contribution in [2.45, 2.75) is 17.7 Å². The zero-order valence-corrected chi connectivity index (χ0v) is 12.4. The molecule has 0 saturated carbocycles. The summed E-state index contributed by atoms with van der Waals surface area (Å²) in [5.74, 6) is -1.31. The number of sulfonamides is 1. The normalized spacial score (nSPS) is 17.8. The monoisotopic (exact) mass is 325 g/mol. The van der Waals surface area contributed by atoms with Crippen LogP contribution in [-0.4, -0.2) is 36.7 Å². The maximum Gasteiger partial charge on any atom is 0.417 e. The van der Waals surface area contributed by atoms with Gasteiger partial charge in [0.2, 0.25) is 15.9 Å². The molecule has 22 heavy (non-hydrogen) atoms. The summed E-state index contributed by atoms with van der Waals surface area (Å²) in [6, 6.07) is 4.23. The standard InChI is InChI=1S/C13H15N3O5S/c14-12(17)8-3-5-16(6-4-8)22(19,20)9-1-2-10-11(7-9)21-13(18)15-10/h1-2,7-8H,3-6H2,(H2,14,17)(H,15,18). The van der Waals surface area contributed by atoms with Gasteiger partial charge in [-0.05, 0) is 25.0 Å². The van der Waals surface area contributed by atoms with Crippen molar-refractivity contribution in [3.8, 4) is 0 Å². The predicted molar refractivity (Wildman–Crippen MR) is 77.5 cm³/mol. The number of amides is 1. The van der Waals surface area contributed by atoms with Crippen molar-refractivity contribution in [1.29, 1.82) is 0 Å². The third-order valence-corrected chi connectivity index (χ3v) is 5.78. The summed E-state index contributed by atoms with van der Waals surface area (Å²) in [6.07, 6.45) is 0.825. The van der Waals surface area contributed by atoms with Gasteiger partial charge in [-0.25, -0.2) is 13.2 Å². The van der Waals surface area contributed by atoms with Gasteiger partial charge in [-0.3, -0.25) is 9.78 Å². The van der Waals surface area contributed by atoms with Gasteiger partial charge in [0.1, 0.15) is 0 Å². The van der Waals surface area contributed by atoms with Crippen LogP contribution in [0.5, 0.6) is 0 Å². The lowest BCUT2D eigenvalue weighted by Crippen LogP contribution is -2.41. The average Bonchev–Trinajstić information content (AvgIpc) is 2.86. The van der Waals surface area contributed by atoms with Crippen molar-refractivity contribution in [2.75, 3.05) is 13.1 Å². The number of H-pyrrole nitrogens is 1. The molecule has 1 fully saturated rings. The number of hydrogen-bond donors (Lipinski definition) is 2. The lowest BCUT2D eigenvalue weighted by Gasteiger charge is -2.29. The molecule has 1 aromatic heterocycles. The van der Waals surface area contributed by atoms with Crippen LogP contribution in [0.15, 0.2) is 32.3 Å². The number of nitrogens with one attached hydrogen (secondary N) is 1. The third-order valence-electron chi connectivity index (χ3n) is 3.89. The molecular formula is C13H15N3O5S. The largest absolute Gasteiger partial charge is 0.417 e. The molecule has 0 unspecified atom stereocenters. The Morgan fingerprint density at radius 2 is 2.00 bits per heavy atom. The lowest BCUT2D eigenvalue weighted by atomic mass is 9.98. The summed E-state index contributed by atoms with van der Waals surface area (Å²) in [4.78, 5) is 24.8. The van der Waals surface area contributed by atoms with Gasteiger partial charge in [-0.1, -0.05) is 0 Å². The van der Waals surface area contributed by atoms with Gasteiger partial charge >= 0.3 is 5.76 Å². The number of hydrogen-bond acceptors (Lipinski definition) is 5. The molecular weight excluding hydrogens is 310 g/mol. The number of rotatable bonds is 3. The Kier molecular flexibility index (Phi) is 3.53. The van der Waals surface area contributed by atoms with E-state index in [1.165, 1.54) is 22.5 Å². The van der Waals surface area contributed by atoms with E-state index in [1.807, 2.05) is 0 Å². The summed E-state index contributed by atoms with van der Waals surface area (Å²) in [5.41, 5.74) is 5.88. The maximum atomic E-state index is 12.6. The third kappa shape index (κ3) is 2.53.